The van der Waals surface area contributed by atoms with Gasteiger partial charge in [0.05, 0.1) is 11.4 Å². The van der Waals surface area contributed by atoms with Crippen LogP contribution in [-0.2, 0) is 11.2 Å². The van der Waals surface area contributed by atoms with Crippen LogP contribution in [0.2, 0.25) is 0 Å². The van der Waals surface area contributed by atoms with Gasteiger partial charge in [-0.2, -0.15) is 0 Å². The van der Waals surface area contributed by atoms with E-state index in [1.54, 1.807) is 4.90 Å². The Kier molecular flexibility index (Phi) is 11.0. The Labute approximate surface area is 209 Å². The van der Waals surface area contributed by atoms with E-state index in [4.69, 9.17) is 22.0 Å². The summed E-state index contributed by atoms with van der Waals surface area (Å²) < 4.78 is 0. The lowest BCUT2D eigenvalue weighted by Gasteiger charge is -2.16. The summed E-state index contributed by atoms with van der Waals surface area (Å²) in [6.07, 6.45) is 9.75. The molecule has 6 nitrogen and oxygen atoms in total. The highest BCUT2D eigenvalue weighted by Crippen LogP contribution is 2.22. The van der Waals surface area contributed by atoms with Crippen LogP contribution in [0.25, 0.3) is 12.2 Å². The molecule has 0 bridgehead atoms. The van der Waals surface area contributed by atoms with Gasteiger partial charge in [0.15, 0.2) is 0 Å². The number of carbonyl (C=O) groups is 1. The maximum absolute atomic E-state index is 12.2. The number of hydrogen-bond acceptors (Lipinski definition) is 4. The molecule has 2 heterocycles. The highest BCUT2D eigenvalue weighted by Gasteiger charge is 2.15. The Hall–Kier alpha value is -2.44. The zero-order valence-corrected chi connectivity index (χ0v) is 22.3. The molecule has 0 spiro atoms. The van der Waals surface area contributed by atoms with E-state index in [9.17, 15) is 4.79 Å². The second-order valence-electron chi connectivity index (χ2n) is 8.84. The number of nitrogens with one attached hydrogen (secondary N) is 3. The summed E-state index contributed by atoms with van der Waals surface area (Å²) in [7, 11) is 3.75. The molecular weight excluding hydrogens is 446 g/mol. The third-order valence-electron chi connectivity index (χ3n) is 6.30. The molecule has 0 unspecified atom stereocenters. The Morgan fingerprint density at radius 3 is 2.65 bits per heavy atom. The Morgan fingerprint density at radius 2 is 2.00 bits per heavy atom. The van der Waals surface area contributed by atoms with Gasteiger partial charge in [-0.15, -0.1) is 11.6 Å². The monoisotopic (exact) mass is 485 g/mol. The first-order chi connectivity index (χ1) is 16.2. The molecule has 0 radical (unpaired) electrons. The van der Waals surface area contributed by atoms with E-state index in [2.05, 4.69) is 49.3 Å². The molecule has 0 fully saturated rings. The summed E-state index contributed by atoms with van der Waals surface area (Å²) in [5, 5.41) is 13.9. The average molecular weight is 486 g/mol. The van der Waals surface area contributed by atoms with Crippen LogP contribution < -0.4 is 16.0 Å². The number of amides is 1. The summed E-state index contributed by atoms with van der Waals surface area (Å²) in [5.74, 6) is 0.662. The van der Waals surface area contributed by atoms with Crippen molar-refractivity contribution in [3.8, 4) is 0 Å². The van der Waals surface area contributed by atoms with Gasteiger partial charge >= 0.3 is 0 Å². The van der Waals surface area contributed by atoms with E-state index in [0.717, 1.165) is 52.6 Å². The van der Waals surface area contributed by atoms with Gasteiger partial charge in [-0.05, 0) is 94.0 Å². The second-order valence-corrected chi connectivity index (χ2v) is 9.22. The van der Waals surface area contributed by atoms with Crippen molar-refractivity contribution < 1.29 is 4.79 Å². The number of aliphatic imine (C=N–C) groups is 1. The number of halogens is 1. The van der Waals surface area contributed by atoms with E-state index in [-0.39, 0.29) is 5.91 Å². The lowest BCUT2D eigenvalue weighted by atomic mass is 10.0. The number of allylic oxidation sites excluding steroid dienone is 3. The molecule has 0 saturated carbocycles. The molecule has 0 aliphatic carbocycles. The molecule has 0 atom stereocenters. The molecule has 0 aromatic carbocycles. The standard InChI is InChI=1S/C27H40ClN5O/c1-7-21-19(3)23(12-14-30-5)31-26(21)17-24-18(2)16-25(32-24)20(4)22(29)10-8-11-27(34)33(6)15-9-13-28/h12,16-17,29-31H,7-11,13-15H2,1-6H3/b23-12-,25-20-,26-17?,29-22?. The second kappa shape index (κ2) is 13.4. The molecule has 1 amide bonds. The number of hydrogen-bond donors (Lipinski definition) is 3. The van der Waals surface area contributed by atoms with E-state index in [1.165, 1.54) is 11.1 Å². The fourth-order valence-electron chi connectivity index (χ4n) is 4.04. The highest BCUT2D eigenvalue weighted by atomic mass is 35.5. The minimum Gasteiger partial charge on any atom is -0.355 e. The van der Waals surface area contributed by atoms with Crippen LogP contribution in [0.3, 0.4) is 0 Å². The van der Waals surface area contributed by atoms with Gasteiger partial charge in [0.1, 0.15) is 0 Å². The van der Waals surface area contributed by atoms with Crippen LogP contribution in [0.4, 0.5) is 0 Å². The van der Waals surface area contributed by atoms with Crippen molar-refractivity contribution in [1.29, 1.82) is 5.41 Å². The maximum atomic E-state index is 12.2. The van der Waals surface area contributed by atoms with Gasteiger partial charge in [0.2, 0.25) is 5.91 Å². The highest BCUT2D eigenvalue weighted by molar-refractivity contribution is 6.22. The molecular formula is C27H40ClN5O. The normalized spacial score (nSPS) is 16.1. The van der Waals surface area contributed by atoms with Crippen LogP contribution in [-0.4, -0.2) is 60.3 Å². The minimum absolute atomic E-state index is 0.106. The molecule has 1 aromatic rings. The first kappa shape index (κ1) is 27.8. The third kappa shape index (κ3) is 7.28. The van der Waals surface area contributed by atoms with E-state index >= 15 is 0 Å². The quantitative estimate of drug-likeness (QED) is 0.312. The maximum Gasteiger partial charge on any atom is 0.222 e. The van der Waals surface area contributed by atoms with Gasteiger partial charge in [0, 0.05) is 48.8 Å². The largest absolute Gasteiger partial charge is 0.355 e. The van der Waals surface area contributed by atoms with E-state index < -0.39 is 0 Å². The molecule has 1 aromatic heterocycles. The number of nitrogens with zero attached hydrogens (tertiary/aromatic N) is 2. The molecule has 34 heavy (non-hydrogen) atoms. The van der Waals surface area contributed by atoms with Crippen LogP contribution in [0.5, 0.6) is 0 Å². The lowest BCUT2D eigenvalue weighted by molar-refractivity contribution is -0.129. The zero-order chi connectivity index (χ0) is 25.3. The summed E-state index contributed by atoms with van der Waals surface area (Å²) >= 11 is 5.71. The van der Waals surface area contributed by atoms with Crippen LogP contribution in [0, 0.1) is 12.3 Å². The van der Waals surface area contributed by atoms with E-state index in [0.29, 0.717) is 37.4 Å². The van der Waals surface area contributed by atoms with Gasteiger partial charge in [-0.3, -0.25) is 4.79 Å². The predicted molar refractivity (Wildman–Crippen MR) is 145 cm³/mol. The minimum atomic E-state index is 0.106. The van der Waals surface area contributed by atoms with Gasteiger partial charge in [-0.25, -0.2) is 4.99 Å². The number of aromatic nitrogens is 1. The molecule has 1 aliphatic heterocycles. The fourth-order valence-corrected chi connectivity index (χ4v) is 4.16. The van der Waals surface area contributed by atoms with Gasteiger partial charge in [-0.1, -0.05) is 6.92 Å². The average Bonchev–Trinajstić information content (AvgIpc) is 3.33. The number of carbonyl (C=O) groups excluding carboxylic acids is 1. The van der Waals surface area contributed by atoms with Crippen molar-refractivity contribution >= 4 is 41.1 Å². The smallest absolute Gasteiger partial charge is 0.222 e. The molecule has 2 rings (SSSR count). The number of alkyl halides is 1. The molecule has 0 saturated heterocycles. The van der Waals surface area contributed by atoms with Crippen LogP contribution >= 0.6 is 11.6 Å². The van der Waals surface area contributed by atoms with Crippen molar-refractivity contribution in [3.63, 3.8) is 0 Å². The van der Waals surface area contributed by atoms with Crippen LogP contribution in [0.15, 0.2) is 27.9 Å². The summed E-state index contributed by atoms with van der Waals surface area (Å²) in [5.41, 5.74) is 6.84. The number of H-pyrrole nitrogens is 1. The van der Waals surface area contributed by atoms with Crippen molar-refractivity contribution in [2.24, 2.45) is 4.99 Å². The third-order valence-corrected chi connectivity index (χ3v) is 6.57. The lowest BCUT2D eigenvalue weighted by Crippen LogP contribution is -2.27. The Morgan fingerprint density at radius 1 is 1.26 bits per heavy atom. The van der Waals surface area contributed by atoms with Crippen molar-refractivity contribution in [1.82, 2.24) is 15.2 Å². The molecule has 186 valence electrons. The van der Waals surface area contributed by atoms with Crippen molar-refractivity contribution in [2.45, 2.75) is 59.8 Å². The summed E-state index contributed by atoms with van der Waals surface area (Å²) in [4.78, 5) is 22.3. The fraction of sp³-hybridized carbons (Fsp3) is 0.519. The first-order valence-corrected chi connectivity index (χ1v) is 12.7. The molecule has 7 heteroatoms. The van der Waals surface area contributed by atoms with Gasteiger partial charge < -0.3 is 20.6 Å². The van der Waals surface area contributed by atoms with E-state index in [1.807, 2.05) is 21.0 Å². The Balaban J connectivity index is 2.16. The van der Waals surface area contributed by atoms with Gasteiger partial charge in [0.25, 0.3) is 0 Å². The first-order valence-electron chi connectivity index (χ1n) is 12.1. The number of aromatic amines is 1. The van der Waals surface area contributed by atoms with Crippen molar-refractivity contribution in [2.75, 3.05) is 33.1 Å². The molecule has 1 aliphatic rings. The number of rotatable bonds is 12. The summed E-state index contributed by atoms with van der Waals surface area (Å²) in [6.45, 7) is 9.83. The van der Waals surface area contributed by atoms with Crippen LogP contribution in [0.1, 0.15) is 57.6 Å². The summed E-state index contributed by atoms with van der Waals surface area (Å²) in [6, 6.07) is 0. The van der Waals surface area contributed by atoms with Crippen molar-refractivity contribution in [3.05, 3.63) is 44.7 Å². The Bertz CT molecular complexity index is 1110. The molecule has 3 N–H and O–H groups in total. The topological polar surface area (TPSA) is 84.3 Å². The SMILES string of the molecule is CCc1c(C)/c(=C/CNC)[nH]c1=CC1=N/C(=C(/C)C(=N)CCCC(=O)N(C)CCCCl)C=C1C. The zero-order valence-electron chi connectivity index (χ0n) is 21.6. The predicted octanol–water partition coefficient (Wildman–Crippen LogP) is 3.62.